The van der Waals surface area contributed by atoms with Gasteiger partial charge in [0, 0.05) is 24.2 Å². The molecule has 1 aromatic carbocycles. The lowest BCUT2D eigenvalue weighted by Crippen LogP contribution is -2.54. The number of rotatable bonds is 8. The number of benzene rings is 1. The van der Waals surface area contributed by atoms with E-state index in [1.807, 2.05) is 13.8 Å². The van der Waals surface area contributed by atoms with Gasteiger partial charge in [-0.1, -0.05) is 32.0 Å². The molecule has 3 N–H and O–H groups in total. The van der Waals surface area contributed by atoms with Crippen molar-refractivity contribution in [2.75, 3.05) is 6.54 Å². The van der Waals surface area contributed by atoms with Gasteiger partial charge >= 0.3 is 6.18 Å². The first-order valence-electron chi connectivity index (χ1n) is 13.5. The van der Waals surface area contributed by atoms with Crippen LogP contribution in [0.4, 0.5) is 13.2 Å². The molecule has 0 spiro atoms. The van der Waals surface area contributed by atoms with Crippen LogP contribution in [0.2, 0.25) is 0 Å². The Kier molecular flexibility index (Phi) is 9.28. The maximum atomic E-state index is 13.3. The molecule has 0 radical (unpaired) electrons. The van der Waals surface area contributed by atoms with Crippen molar-refractivity contribution in [1.29, 1.82) is 0 Å². The van der Waals surface area contributed by atoms with Crippen molar-refractivity contribution in [3.63, 3.8) is 0 Å². The van der Waals surface area contributed by atoms with Gasteiger partial charge in [0.2, 0.25) is 5.91 Å². The Morgan fingerprint density at radius 3 is 2.50 bits per heavy atom. The number of nitrogens with one attached hydrogen (secondary N) is 2. The number of hydrogen-bond acceptors (Lipinski definition) is 7. The van der Waals surface area contributed by atoms with Gasteiger partial charge in [0.05, 0.1) is 17.7 Å². The summed E-state index contributed by atoms with van der Waals surface area (Å²) < 4.78 is 71.9. The van der Waals surface area contributed by atoms with Crippen molar-refractivity contribution in [3.8, 4) is 0 Å². The predicted molar refractivity (Wildman–Crippen MR) is 147 cm³/mol. The van der Waals surface area contributed by atoms with Gasteiger partial charge in [0.25, 0.3) is 15.9 Å². The third-order valence-corrected chi connectivity index (χ3v) is 9.06. The molecule has 2 amide bonds. The number of halogens is 3. The lowest BCUT2D eigenvalue weighted by Gasteiger charge is -2.28. The van der Waals surface area contributed by atoms with Crippen LogP contribution in [0.25, 0.3) is 11.0 Å². The maximum absolute atomic E-state index is 13.3. The molecule has 1 aliphatic heterocycles. The highest BCUT2D eigenvalue weighted by atomic mass is 32.2. The van der Waals surface area contributed by atoms with E-state index in [0.717, 1.165) is 15.8 Å². The molecule has 0 unspecified atom stereocenters. The fraction of sp³-hybridized carbons (Fsp3) is 0.464. The van der Waals surface area contributed by atoms with E-state index in [-0.39, 0.29) is 30.9 Å². The van der Waals surface area contributed by atoms with E-state index in [4.69, 9.17) is 4.42 Å². The van der Waals surface area contributed by atoms with E-state index in [1.54, 1.807) is 37.3 Å². The highest BCUT2D eigenvalue weighted by Crippen LogP contribution is 2.30. The Morgan fingerprint density at radius 2 is 1.88 bits per heavy atom. The van der Waals surface area contributed by atoms with Gasteiger partial charge in [-0.2, -0.15) is 17.5 Å². The topological polar surface area (TPSA) is 142 Å². The van der Waals surface area contributed by atoms with Crippen LogP contribution in [0, 0.1) is 5.92 Å². The zero-order valence-corrected chi connectivity index (χ0v) is 24.1. The molecule has 0 aliphatic carbocycles. The van der Waals surface area contributed by atoms with Gasteiger partial charge < -0.3 is 20.2 Å². The second-order valence-corrected chi connectivity index (χ2v) is 12.7. The molecular formula is C28H33F3N4O6S. The lowest BCUT2D eigenvalue weighted by atomic mass is 10.0. The predicted octanol–water partition coefficient (Wildman–Crippen LogP) is 3.71. The average molecular weight is 611 g/mol. The molecule has 1 fully saturated rings. The summed E-state index contributed by atoms with van der Waals surface area (Å²) in [5.74, 6) is -1.07. The van der Waals surface area contributed by atoms with Crippen LogP contribution in [0.3, 0.4) is 0 Å². The van der Waals surface area contributed by atoms with Crippen LogP contribution in [-0.2, 0) is 21.0 Å². The summed E-state index contributed by atoms with van der Waals surface area (Å²) >= 11 is 0. The van der Waals surface area contributed by atoms with E-state index in [2.05, 4.69) is 15.6 Å². The summed E-state index contributed by atoms with van der Waals surface area (Å²) in [5, 5.41) is 16.6. The molecule has 3 heterocycles. The lowest BCUT2D eigenvalue weighted by molar-refractivity contribution is -0.137. The molecule has 4 atom stereocenters. The van der Waals surface area contributed by atoms with Crippen molar-refractivity contribution >= 4 is 32.8 Å². The number of fused-ring (bicyclic) bond motifs is 1. The third-order valence-electron chi connectivity index (χ3n) is 7.16. The largest absolute Gasteiger partial charge is 0.451 e. The van der Waals surface area contributed by atoms with Crippen molar-refractivity contribution in [2.45, 2.75) is 75.5 Å². The number of β-amino-alcohol motifs (C(OH)–C–C–N with tert-alkyl or cyclic N) is 1. The summed E-state index contributed by atoms with van der Waals surface area (Å²) in [6, 6.07) is 7.62. The van der Waals surface area contributed by atoms with Gasteiger partial charge in [-0.05, 0) is 56.4 Å². The summed E-state index contributed by atoms with van der Waals surface area (Å²) in [6.45, 7) is 4.95. The SMILES string of the molecule is CC(C)C[C@H](NC(=O)c1cc2ccccc2o1)C(=O)N[C@H]1CC[C@@H](C)N(S(=O)(=O)c2ccc(C(F)(F)F)cn2)C[C@@H]1O. The fourth-order valence-corrected chi connectivity index (χ4v) is 6.48. The minimum atomic E-state index is -4.67. The Balaban J connectivity index is 1.46. The number of carbonyl (C=O) groups excluding carboxylic acids is 2. The van der Waals surface area contributed by atoms with E-state index in [0.29, 0.717) is 17.8 Å². The number of carbonyl (C=O) groups is 2. The Hall–Kier alpha value is -3.49. The number of amides is 2. The van der Waals surface area contributed by atoms with Crippen molar-refractivity contribution in [2.24, 2.45) is 5.92 Å². The Labute approximate surface area is 241 Å². The van der Waals surface area contributed by atoms with Crippen molar-refractivity contribution < 1.29 is 40.7 Å². The van der Waals surface area contributed by atoms with E-state index in [9.17, 15) is 36.3 Å². The number of nitrogens with zero attached hydrogens (tertiary/aromatic N) is 2. The van der Waals surface area contributed by atoms with Crippen LogP contribution < -0.4 is 10.6 Å². The molecule has 14 heteroatoms. The smallest absolute Gasteiger partial charge is 0.417 e. The standard InChI is InChI=1S/C28H33F3N4O6S/c1-16(2)12-21(34-27(38)24-13-18-6-4-5-7-23(18)41-24)26(37)33-20-10-8-17(3)35(15-22(20)36)42(39,40)25-11-9-19(14-32-25)28(29,30)31/h4-7,9,11,13-14,16-17,20-22,36H,8,10,12,15H2,1-3H3,(H,33,37)(H,34,38)/t17-,20+,21+,22+/m1/s1. The quantitative estimate of drug-likeness (QED) is 0.353. The van der Waals surface area contributed by atoms with Crippen LogP contribution in [-0.4, -0.2) is 65.4 Å². The van der Waals surface area contributed by atoms with Gasteiger partial charge in [-0.15, -0.1) is 0 Å². The minimum absolute atomic E-state index is 0.0210. The van der Waals surface area contributed by atoms with Gasteiger partial charge in [-0.25, -0.2) is 13.4 Å². The number of alkyl halides is 3. The first kappa shape index (κ1) is 31.4. The normalized spacial score (nSPS) is 21.2. The number of para-hydroxylation sites is 1. The average Bonchev–Trinajstić information content (AvgIpc) is 3.31. The second-order valence-electron chi connectivity index (χ2n) is 10.9. The number of sulfonamides is 1. The number of aliphatic hydroxyl groups excluding tert-OH is 1. The van der Waals surface area contributed by atoms with Crippen LogP contribution in [0.5, 0.6) is 0 Å². The minimum Gasteiger partial charge on any atom is -0.451 e. The Bertz CT molecular complexity index is 1490. The Morgan fingerprint density at radius 1 is 1.17 bits per heavy atom. The fourth-order valence-electron chi connectivity index (χ4n) is 4.88. The van der Waals surface area contributed by atoms with Crippen LogP contribution in [0.1, 0.15) is 56.2 Å². The number of aliphatic hydroxyl groups is 1. The van der Waals surface area contributed by atoms with E-state index in [1.165, 1.54) is 0 Å². The van der Waals surface area contributed by atoms with Crippen LogP contribution >= 0.6 is 0 Å². The molecule has 0 bridgehead atoms. The monoisotopic (exact) mass is 610 g/mol. The molecule has 10 nitrogen and oxygen atoms in total. The van der Waals surface area contributed by atoms with Gasteiger partial charge in [0.1, 0.15) is 11.6 Å². The maximum Gasteiger partial charge on any atom is 0.417 e. The molecular weight excluding hydrogens is 577 g/mol. The van der Waals surface area contributed by atoms with Gasteiger partial charge in [-0.3, -0.25) is 9.59 Å². The molecule has 228 valence electrons. The molecule has 0 saturated carbocycles. The first-order chi connectivity index (χ1) is 19.7. The first-order valence-corrected chi connectivity index (χ1v) is 14.9. The van der Waals surface area contributed by atoms with E-state index >= 15 is 0 Å². The summed E-state index contributed by atoms with van der Waals surface area (Å²) in [5.41, 5.74) is -0.564. The van der Waals surface area contributed by atoms with Gasteiger partial charge in [0.15, 0.2) is 10.8 Å². The highest BCUT2D eigenvalue weighted by molar-refractivity contribution is 7.89. The molecule has 3 aromatic rings. The van der Waals surface area contributed by atoms with Crippen LogP contribution in [0.15, 0.2) is 58.1 Å². The summed E-state index contributed by atoms with van der Waals surface area (Å²) in [6.07, 6.45) is -4.82. The zero-order chi connectivity index (χ0) is 30.8. The molecule has 42 heavy (non-hydrogen) atoms. The van der Waals surface area contributed by atoms with Crippen molar-refractivity contribution in [3.05, 3.63) is 60.0 Å². The molecule has 2 aromatic heterocycles. The molecule has 1 saturated heterocycles. The van der Waals surface area contributed by atoms with E-state index < -0.39 is 69.4 Å². The molecule has 1 aliphatic rings. The summed E-state index contributed by atoms with van der Waals surface area (Å²) in [7, 11) is -4.36. The number of pyridine rings is 1. The molecule has 4 rings (SSSR count). The third kappa shape index (κ3) is 7.10. The summed E-state index contributed by atoms with van der Waals surface area (Å²) in [4.78, 5) is 29.8. The number of hydrogen-bond donors (Lipinski definition) is 3. The number of aromatic nitrogens is 1. The highest BCUT2D eigenvalue weighted by Gasteiger charge is 2.39. The number of furan rings is 1. The van der Waals surface area contributed by atoms with Crippen molar-refractivity contribution in [1.82, 2.24) is 19.9 Å². The second kappa shape index (κ2) is 12.4. The zero-order valence-electron chi connectivity index (χ0n) is 23.3.